The third-order valence-electron chi connectivity index (χ3n) is 6.86. The number of allylic oxidation sites excluding steroid dienone is 1. The molecule has 1 fully saturated rings. The molecule has 0 amide bonds. The lowest BCUT2D eigenvalue weighted by Crippen LogP contribution is -2.26. The molecule has 2 atom stereocenters. The van der Waals surface area contributed by atoms with Crippen LogP contribution in [-0.4, -0.2) is 42.9 Å². The summed E-state index contributed by atoms with van der Waals surface area (Å²) in [5.74, 6) is 1.41. The number of rotatable bonds is 7. The quantitative estimate of drug-likeness (QED) is 0.436. The van der Waals surface area contributed by atoms with Crippen LogP contribution in [0.1, 0.15) is 36.1 Å². The van der Waals surface area contributed by atoms with E-state index in [9.17, 15) is 13.9 Å². The largest absolute Gasteiger partial charge is 0.508 e. The van der Waals surface area contributed by atoms with Gasteiger partial charge in [0.15, 0.2) is 0 Å². The topological polar surface area (TPSA) is 41.9 Å². The fraction of sp³-hybridized carbons (Fsp3) is 0.310. The third-order valence-corrected chi connectivity index (χ3v) is 6.86. The highest BCUT2D eigenvalue weighted by Gasteiger charge is 2.30. The lowest BCUT2D eigenvalue weighted by molar-refractivity contribution is 0.228. The number of benzene rings is 3. The minimum Gasteiger partial charge on any atom is -0.508 e. The van der Waals surface area contributed by atoms with Crippen molar-refractivity contribution in [2.75, 3.05) is 32.9 Å². The summed E-state index contributed by atoms with van der Waals surface area (Å²) in [7, 11) is 0. The van der Waals surface area contributed by atoms with E-state index in [-0.39, 0.29) is 24.2 Å². The number of ether oxygens (including phenoxy) is 2. The highest BCUT2D eigenvalue weighted by atomic mass is 19.1. The zero-order chi connectivity index (χ0) is 24.4. The van der Waals surface area contributed by atoms with Crippen LogP contribution in [0.15, 0.2) is 66.7 Å². The molecule has 0 bridgehead atoms. The summed E-state index contributed by atoms with van der Waals surface area (Å²) in [6, 6.07) is 19.3. The minimum atomic E-state index is -0.440. The molecule has 3 aromatic carbocycles. The molecule has 5 rings (SSSR count). The smallest absolute Gasteiger partial charge is 0.150 e. The van der Waals surface area contributed by atoms with E-state index in [0.29, 0.717) is 12.4 Å². The zero-order valence-corrected chi connectivity index (χ0v) is 19.7. The van der Waals surface area contributed by atoms with E-state index in [2.05, 4.69) is 4.90 Å². The van der Waals surface area contributed by atoms with E-state index in [1.807, 2.05) is 37.3 Å². The first kappa shape index (κ1) is 23.4. The predicted octanol–water partition coefficient (Wildman–Crippen LogP) is 6.27. The van der Waals surface area contributed by atoms with E-state index < -0.39 is 6.10 Å². The fourth-order valence-electron chi connectivity index (χ4n) is 4.97. The highest BCUT2D eigenvalue weighted by molar-refractivity contribution is 5.95. The van der Waals surface area contributed by atoms with Crippen LogP contribution in [0.5, 0.6) is 17.2 Å². The van der Waals surface area contributed by atoms with E-state index in [0.717, 1.165) is 59.6 Å². The molecule has 2 aliphatic rings. The van der Waals surface area contributed by atoms with Crippen molar-refractivity contribution in [1.82, 2.24) is 4.90 Å². The second kappa shape index (κ2) is 10.1. The van der Waals surface area contributed by atoms with Crippen LogP contribution in [0.2, 0.25) is 0 Å². The molecule has 1 N–H and O–H groups in total. The van der Waals surface area contributed by atoms with Crippen LogP contribution >= 0.6 is 0 Å². The summed E-state index contributed by atoms with van der Waals surface area (Å²) in [4.78, 5) is 2.24. The van der Waals surface area contributed by atoms with E-state index in [1.165, 1.54) is 12.1 Å². The van der Waals surface area contributed by atoms with E-state index >= 15 is 0 Å². The van der Waals surface area contributed by atoms with Crippen molar-refractivity contribution in [1.29, 1.82) is 0 Å². The second-order valence-corrected chi connectivity index (χ2v) is 9.25. The molecule has 182 valence electrons. The van der Waals surface area contributed by atoms with Crippen LogP contribution < -0.4 is 9.47 Å². The Labute approximate surface area is 204 Å². The average molecular weight is 478 g/mol. The Morgan fingerprint density at radius 2 is 1.91 bits per heavy atom. The van der Waals surface area contributed by atoms with Gasteiger partial charge in [0, 0.05) is 30.1 Å². The van der Waals surface area contributed by atoms with Gasteiger partial charge in [-0.15, -0.1) is 0 Å². The van der Waals surface area contributed by atoms with Crippen LogP contribution in [0.3, 0.4) is 0 Å². The lowest BCUT2D eigenvalue weighted by atomic mass is 9.86. The molecular formula is C29H29F2NO3. The molecule has 35 heavy (non-hydrogen) atoms. The highest BCUT2D eigenvalue weighted by Crippen LogP contribution is 2.47. The van der Waals surface area contributed by atoms with Crippen LogP contribution in [0.4, 0.5) is 8.78 Å². The van der Waals surface area contributed by atoms with Gasteiger partial charge < -0.3 is 14.6 Å². The normalized spacial score (nSPS) is 20.0. The molecule has 2 heterocycles. The number of likely N-dealkylation sites (tertiary alicyclic amines) is 1. The summed E-state index contributed by atoms with van der Waals surface area (Å²) < 4.78 is 39.3. The molecule has 2 aliphatic heterocycles. The maximum Gasteiger partial charge on any atom is 0.150 e. The molecule has 4 nitrogen and oxygen atoms in total. The van der Waals surface area contributed by atoms with Crippen molar-refractivity contribution in [3.05, 3.63) is 89.2 Å². The monoisotopic (exact) mass is 477 g/mol. The predicted molar refractivity (Wildman–Crippen MR) is 133 cm³/mol. The Morgan fingerprint density at radius 3 is 2.66 bits per heavy atom. The fourth-order valence-corrected chi connectivity index (χ4v) is 4.97. The molecule has 0 spiro atoms. The number of phenols is 1. The van der Waals surface area contributed by atoms with Gasteiger partial charge in [-0.1, -0.05) is 24.3 Å². The van der Waals surface area contributed by atoms with Crippen molar-refractivity contribution < 1.29 is 23.4 Å². The molecule has 0 saturated carbocycles. The molecular weight excluding hydrogens is 448 g/mol. The van der Waals surface area contributed by atoms with Gasteiger partial charge in [-0.25, -0.2) is 4.39 Å². The number of hydrogen-bond acceptors (Lipinski definition) is 4. The number of fused-ring (bicyclic) bond motifs is 1. The number of aromatic hydroxyl groups is 1. The van der Waals surface area contributed by atoms with E-state index in [4.69, 9.17) is 9.47 Å². The summed E-state index contributed by atoms with van der Waals surface area (Å²) >= 11 is 0. The average Bonchev–Trinajstić information content (AvgIpc) is 3.33. The molecule has 6 heteroatoms. The van der Waals surface area contributed by atoms with Gasteiger partial charge in [0.1, 0.15) is 35.8 Å². The van der Waals surface area contributed by atoms with Gasteiger partial charge in [-0.3, -0.25) is 9.29 Å². The molecule has 0 aliphatic carbocycles. The third kappa shape index (κ3) is 5.03. The van der Waals surface area contributed by atoms with Crippen molar-refractivity contribution in [2.24, 2.45) is 5.92 Å². The van der Waals surface area contributed by atoms with E-state index in [1.54, 1.807) is 24.3 Å². The maximum atomic E-state index is 14.1. The minimum absolute atomic E-state index is 0.152. The summed E-state index contributed by atoms with van der Waals surface area (Å²) in [5.41, 5.74) is 4.22. The number of hydrogen-bond donors (Lipinski definition) is 1. The molecule has 0 aromatic heterocycles. The van der Waals surface area contributed by atoms with Gasteiger partial charge in [-0.05, 0) is 79.1 Å². The van der Waals surface area contributed by atoms with Crippen molar-refractivity contribution in [3.8, 4) is 17.2 Å². The molecule has 1 unspecified atom stereocenters. The Hall–Kier alpha value is -3.38. The molecule has 0 radical (unpaired) electrons. The first-order valence-corrected chi connectivity index (χ1v) is 12.0. The summed E-state index contributed by atoms with van der Waals surface area (Å²) in [6.07, 6.45) is 0.473. The number of nitrogens with zero attached hydrogens (tertiary/aromatic N) is 1. The molecule has 1 saturated heterocycles. The Kier molecular flexibility index (Phi) is 6.73. The Morgan fingerprint density at radius 1 is 1.09 bits per heavy atom. The zero-order valence-electron chi connectivity index (χ0n) is 19.7. The number of phenolic OH excluding ortho intramolecular Hbond substituents is 1. The van der Waals surface area contributed by atoms with Gasteiger partial charge in [0.05, 0.1) is 6.67 Å². The first-order valence-electron chi connectivity index (χ1n) is 12.0. The maximum absolute atomic E-state index is 14.1. The van der Waals surface area contributed by atoms with Crippen LogP contribution in [0, 0.1) is 11.7 Å². The summed E-state index contributed by atoms with van der Waals surface area (Å²) in [6.45, 7) is 4.76. The standard InChI is InChI=1S/C29H29F2NO3/c1-19-26-16-24(33)7-10-27(26)35-29(28(19)22-3-2-4-23(31)15-22)21-5-8-25(9-6-21)34-14-13-32-12-11-20(17-30)18-32/h2-10,15-16,20,29,33H,11-14,17-18H2,1H3/t20-,29?/m0/s1. The van der Waals surface area contributed by atoms with Gasteiger partial charge in [-0.2, -0.15) is 0 Å². The van der Waals surface area contributed by atoms with Crippen molar-refractivity contribution >= 4 is 11.1 Å². The van der Waals surface area contributed by atoms with Crippen LogP contribution in [-0.2, 0) is 0 Å². The van der Waals surface area contributed by atoms with Gasteiger partial charge in [0.2, 0.25) is 0 Å². The van der Waals surface area contributed by atoms with Crippen molar-refractivity contribution in [2.45, 2.75) is 19.4 Å². The molecule has 3 aromatic rings. The van der Waals surface area contributed by atoms with Gasteiger partial charge >= 0.3 is 0 Å². The van der Waals surface area contributed by atoms with Gasteiger partial charge in [0.25, 0.3) is 0 Å². The van der Waals surface area contributed by atoms with Crippen LogP contribution in [0.25, 0.3) is 11.1 Å². The van der Waals surface area contributed by atoms with Crippen molar-refractivity contribution in [3.63, 3.8) is 0 Å². The first-order chi connectivity index (χ1) is 17.0. The lowest BCUT2D eigenvalue weighted by Gasteiger charge is -2.31. The number of alkyl halides is 1. The SMILES string of the molecule is CC1=C(c2cccc(F)c2)C(c2ccc(OCCN3CC[C@@H](CF)C3)cc2)Oc2ccc(O)cc21. The summed E-state index contributed by atoms with van der Waals surface area (Å²) in [5, 5.41) is 10.0. The second-order valence-electron chi connectivity index (χ2n) is 9.25. The number of halogens is 2. The Balaban J connectivity index is 1.37. The Bertz CT molecular complexity index is 1220.